The summed E-state index contributed by atoms with van der Waals surface area (Å²) in [4.78, 5) is 14.0. The Bertz CT molecular complexity index is 415. The smallest absolute Gasteiger partial charge is 0.178 e. The van der Waals surface area contributed by atoms with Gasteiger partial charge in [-0.15, -0.1) is 0 Å². The summed E-state index contributed by atoms with van der Waals surface area (Å²) in [6, 6.07) is 4.21. The van der Waals surface area contributed by atoms with Crippen LogP contribution in [0.3, 0.4) is 0 Å². The highest BCUT2D eigenvalue weighted by molar-refractivity contribution is 5.97. The van der Waals surface area contributed by atoms with Gasteiger partial charge in [-0.1, -0.05) is 0 Å². The lowest BCUT2D eigenvalue weighted by Gasteiger charge is -2.24. The average Bonchev–Trinajstić information content (AvgIpc) is 2.70. The van der Waals surface area contributed by atoms with Crippen molar-refractivity contribution in [1.82, 2.24) is 9.47 Å². The predicted molar refractivity (Wildman–Crippen MR) is 66.7 cm³/mol. The summed E-state index contributed by atoms with van der Waals surface area (Å²) < 4.78 is 1.86. The highest BCUT2D eigenvalue weighted by atomic mass is 16.1. The van der Waals surface area contributed by atoms with Gasteiger partial charge in [-0.25, -0.2) is 0 Å². The quantitative estimate of drug-likeness (QED) is 0.704. The van der Waals surface area contributed by atoms with Crippen molar-refractivity contribution in [3.05, 3.63) is 24.0 Å². The number of Topliss-reactive ketones (excluding diaryl/α,β-unsaturated/α-hetero) is 1. The van der Waals surface area contributed by atoms with Gasteiger partial charge < -0.3 is 4.57 Å². The zero-order chi connectivity index (χ0) is 12.8. The first-order valence-electron chi connectivity index (χ1n) is 5.80. The fourth-order valence-corrected chi connectivity index (χ4v) is 1.66. The minimum absolute atomic E-state index is 0.109. The molecule has 92 valence electrons. The van der Waals surface area contributed by atoms with Gasteiger partial charge in [0.25, 0.3) is 0 Å². The van der Waals surface area contributed by atoms with E-state index in [4.69, 9.17) is 5.26 Å². The van der Waals surface area contributed by atoms with E-state index in [0.29, 0.717) is 19.5 Å². The highest BCUT2D eigenvalue weighted by Crippen LogP contribution is 2.06. The number of nitrogens with zero attached hydrogens (tertiary/aromatic N) is 3. The van der Waals surface area contributed by atoms with Crippen LogP contribution in [-0.2, 0) is 7.05 Å². The minimum atomic E-state index is 0.109. The normalized spacial score (nSPS) is 10.8. The van der Waals surface area contributed by atoms with E-state index in [1.165, 1.54) is 0 Å². The Balaban J connectivity index is 2.61. The maximum atomic E-state index is 12.0. The molecule has 0 radical (unpaired) electrons. The molecule has 0 aliphatic rings. The molecule has 0 bridgehead atoms. The van der Waals surface area contributed by atoms with E-state index in [2.05, 4.69) is 6.07 Å². The molecule has 1 aromatic rings. The van der Waals surface area contributed by atoms with E-state index < -0.39 is 0 Å². The fraction of sp³-hybridized carbons (Fsp3) is 0.538. The summed E-state index contributed by atoms with van der Waals surface area (Å²) in [5.74, 6) is 0.109. The van der Waals surface area contributed by atoms with E-state index in [-0.39, 0.29) is 11.8 Å². The number of hydrogen-bond acceptors (Lipinski definition) is 3. The minimum Gasteiger partial charge on any atom is -0.357 e. The van der Waals surface area contributed by atoms with Gasteiger partial charge in [-0.3, -0.25) is 9.69 Å². The van der Waals surface area contributed by atoms with Gasteiger partial charge in [-0.2, -0.15) is 5.26 Å². The van der Waals surface area contributed by atoms with Crippen LogP contribution in [0.15, 0.2) is 18.5 Å². The molecule has 1 aromatic heterocycles. The standard InChI is InChI=1S/C13H19N3O/c1-11(2)16(7-4-6-14)10-13(17)12-5-8-15(3)9-12/h5,8-9,11H,4,7,10H2,1-3H3. The van der Waals surface area contributed by atoms with Gasteiger partial charge in [0.2, 0.25) is 0 Å². The fourth-order valence-electron chi connectivity index (χ4n) is 1.66. The van der Waals surface area contributed by atoms with Crippen molar-refractivity contribution in [2.24, 2.45) is 7.05 Å². The molecule has 4 heteroatoms. The van der Waals surface area contributed by atoms with Crippen molar-refractivity contribution in [2.75, 3.05) is 13.1 Å². The van der Waals surface area contributed by atoms with E-state index >= 15 is 0 Å². The Morgan fingerprint density at radius 2 is 2.29 bits per heavy atom. The van der Waals surface area contributed by atoms with Crippen molar-refractivity contribution in [3.8, 4) is 6.07 Å². The van der Waals surface area contributed by atoms with Crippen LogP contribution >= 0.6 is 0 Å². The average molecular weight is 233 g/mol. The van der Waals surface area contributed by atoms with Crippen molar-refractivity contribution in [2.45, 2.75) is 26.3 Å². The number of hydrogen-bond donors (Lipinski definition) is 0. The first kappa shape index (κ1) is 13.5. The maximum Gasteiger partial charge on any atom is 0.178 e. The Morgan fingerprint density at radius 1 is 1.59 bits per heavy atom. The number of carbonyl (C=O) groups excluding carboxylic acids is 1. The van der Waals surface area contributed by atoms with Crippen LogP contribution in [0.4, 0.5) is 0 Å². The number of carbonyl (C=O) groups is 1. The monoisotopic (exact) mass is 233 g/mol. The summed E-state index contributed by atoms with van der Waals surface area (Å²) in [6.45, 7) is 5.10. The molecular weight excluding hydrogens is 214 g/mol. The van der Waals surface area contributed by atoms with Gasteiger partial charge in [0.05, 0.1) is 12.6 Å². The third-order valence-corrected chi connectivity index (χ3v) is 2.74. The van der Waals surface area contributed by atoms with Crippen LogP contribution < -0.4 is 0 Å². The molecule has 0 saturated carbocycles. The summed E-state index contributed by atoms with van der Waals surface area (Å²) in [5.41, 5.74) is 0.732. The van der Waals surface area contributed by atoms with Gasteiger partial charge in [0.15, 0.2) is 5.78 Å². The zero-order valence-electron chi connectivity index (χ0n) is 10.7. The zero-order valence-corrected chi connectivity index (χ0v) is 10.7. The van der Waals surface area contributed by atoms with Crippen molar-refractivity contribution < 1.29 is 4.79 Å². The molecule has 4 nitrogen and oxygen atoms in total. The Kier molecular flexibility index (Phi) is 4.92. The molecule has 0 atom stereocenters. The van der Waals surface area contributed by atoms with Crippen molar-refractivity contribution in [3.63, 3.8) is 0 Å². The first-order chi connectivity index (χ1) is 8.04. The number of aryl methyl sites for hydroxylation is 1. The molecule has 1 heterocycles. The van der Waals surface area contributed by atoms with E-state index in [9.17, 15) is 4.79 Å². The third kappa shape index (κ3) is 4.04. The molecule has 0 spiro atoms. The molecule has 0 N–H and O–H groups in total. The highest BCUT2D eigenvalue weighted by Gasteiger charge is 2.15. The van der Waals surface area contributed by atoms with Gasteiger partial charge in [0, 0.05) is 44.0 Å². The second-order valence-corrected chi connectivity index (χ2v) is 4.46. The van der Waals surface area contributed by atoms with Gasteiger partial charge >= 0.3 is 0 Å². The molecule has 1 rings (SSSR count). The number of ketones is 1. The Labute approximate surface area is 102 Å². The molecule has 0 aliphatic carbocycles. The lowest BCUT2D eigenvalue weighted by molar-refractivity contribution is 0.0908. The molecule has 0 aliphatic heterocycles. The summed E-state index contributed by atoms with van der Waals surface area (Å²) in [5, 5.41) is 8.59. The predicted octanol–water partition coefficient (Wildman–Crippen LogP) is 1.83. The molecule has 0 fully saturated rings. The van der Waals surface area contributed by atoms with Crippen LogP contribution in [0, 0.1) is 11.3 Å². The summed E-state index contributed by atoms with van der Waals surface area (Å²) in [7, 11) is 1.90. The van der Waals surface area contributed by atoms with Crippen molar-refractivity contribution in [1.29, 1.82) is 5.26 Å². The van der Waals surface area contributed by atoms with Gasteiger partial charge in [0.1, 0.15) is 0 Å². The lowest BCUT2D eigenvalue weighted by Crippen LogP contribution is -2.36. The molecule has 17 heavy (non-hydrogen) atoms. The molecule has 0 unspecified atom stereocenters. The molecule has 0 saturated heterocycles. The van der Waals surface area contributed by atoms with Gasteiger partial charge in [-0.05, 0) is 19.9 Å². The van der Waals surface area contributed by atoms with Crippen LogP contribution in [0.25, 0.3) is 0 Å². The van der Waals surface area contributed by atoms with E-state index in [1.807, 2.05) is 48.8 Å². The second-order valence-electron chi connectivity index (χ2n) is 4.46. The number of rotatable bonds is 6. The van der Waals surface area contributed by atoms with E-state index in [0.717, 1.165) is 5.56 Å². The molecular formula is C13H19N3O. The lowest BCUT2D eigenvalue weighted by atomic mass is 10.2. The third-order valence-electron chi connectivity index (χ3n) is 2.74. The van der Waals surface area contributed by atoms with Crippen LogP contribution in [0.2, 0.25) is 0 Å². The van der Waals surface area contributed by atoms with Crippen LogP contribution in [0.5, 0.6) is 0 Å². The van der Waals surface area contributed by atoms with E-state index in [1.54, 1.807) is 0 Å². The maximum absolute atomic E-state index is 12.0. The second kappa shape index (κ2) is 6.21. The largest absolute Gasteiger partial charge is 0.357 e. The summed E-state index contributed by atoms with van der Waals surface area (Å²) in [6.07, 6.45) is 4.15. The first-order valence-corrected chi connectivity index (χ1v) is 5.80. The molecule has 0 aromatic carbocycles. The Morgan fingerprint density at radius 3 is 2.76 bits per heavy atom. The molecule has 0 amide bonds. The number of nitriles is 1. The SMILES string of the molecule is CC(C)N(CCC#N)CC(=O)c1ccn(C)c1. The summed E-state index contributed by atoms with van der Waals surface area (Å²) >= 11 is 0. The Hall–Kier alpha value is -1.60. The van der Waals surface area contributed by atoms with Crippen LogP contribution in [-0.4, -0.2) is 34.4 Å². The topological polar surface area (TPSA) is 49.0 Å². The van der Waals surface area contributed by atoms with Crippen LogP contribution in [0.1, 0.15) is 30.6 Å². The number of aromatic nitrogens is 1. The van der Waals surface area contributed by atoms with Crippen molar-refractivity contribution >= 4 is 5.78 Å².